The van der Waals surface area contributed by atoms with Crippen molar-refractivity contribution in [1.82, 2.24) is 0 Å². The van der Waals surface area contributed by atoms with Crippen molar-refractivity contribution in [2.45, 2.75) is 45.5 Å². The summed E-state index contributed by atoms with van der Waals surface area (Å²) in [6.45, 7) is 4.85. The average Bonchev–Trinajstić information content (AvgIpc) is 2.08. The molecule has 0 aromatic heterocycles. The molecule has 0 aliphatic rings. The summed E-state index contributed by atoms with van der Waals surface area (Å²) in [6, 6.07) is 0. The molecule has 0 fully saturated rings. The first-order chi connectivity index (χ1) is 7.42. The maximum atomic E-state index is 12.6. The van der Waals surface area contributed by atoms with Crippen LogP contribution in [0.4, 0.5) is 26.3 Å². The molecule has 1 unspecified atom stereocenters. The molecule has 0 heterocycles. The van der Waals surface area contributed by atoms with Crippen LogP contribution in [-0.2, 0) is 0 Å². The van der Waals surface area contributed by atoms with Crippen molar-refractivity contribution in [1.29, 1.82) is 0 Å². The van der Waals surface area contributed by atoms with Crippen molar-refractivity contribution in [3.63, 3.8) is 0 Å². The van der Waals surface area contributed by atoms with Gasteiger partial charge in [0.2, 0.25) is 0 Å². The third-order valence-electron chi connectivity index (χ3n) is 2.71. The zero-order valence-electron chi connectivity index (χ0n) is 9.75. The highest BCUT2D eigenvalue weighted by atomic mass is 19.4. The molecule has 0 spiro atoms. The van der Waals surface area contributed by atoms with Gasteiger partial charge in [-0.2, -0.15) is 26.3 Å². The van der Waals surface area contributed by atoms with Crippen LogP contribution in [-0.4, -0.2) is 12.4 Å². The zero-order valence-corrected chi connectivity index (χ0v) is 9.75. The Kier molecular flexibility index (Phi) is 5.10. The Morgan fingerprint density at radius 2 is 1.53 bits per heavy atom. The van der Waals surface area contributed by atoms with Crippen molar-refractivity contribution in [2.75, 3.05) is 0 Å². The third kappa shape index (κ3) is 5.00. The lowest BCUT2D eigenvalue weighted by Gasteiger charge is -2.32. The summed E-state index contributed by atoms with van der Waals surface area (Å²) in [6.07, 6.45) is -9.21. The predicted molar refractivity (Wildman–Crippen MR) is 53.4 cm³/mol. The number of alkyl halides is 6. The first-order valence-electron chi connectivity index (χ1n) is 5.16. The molecule has 102 valence electrons. The highest BCUT2D eigenvalue weighted by Crippen LogP contribution is 2.46. The molecule has 17 heavy (non-hydrogen) atoms. The van der Waals surface area contributed by atoms with Crippen molar-refractivity contribution < 1.29 is 26.3 Å². The molecule has 0 radical (unpaired) electrons. The van der Waals surface area contributed by atoms with Crippen LogP contribution in [0.2, 0.25) is 0 Å². The topological polar surface area (TPSA) is 0 Å². The highest BCUT2D eigenvalue weighted by molar-refractivity contribution is 4.84. The van der Waals surface area contributed by atoms with Crippen molar-refractivity contribution in [3.05, 3.63) is 12.7 Å². The van der Waals surface area contributed by atoms with Crippen LogP contribution >= 0.6 is 0 Å². The number of hydrogen-bond donors (Lipinski definition) is 0. The van der Waals surface area contributed by atoms with Gasteiger partial charge in [0.05, 0.1) is 11.3 Å². The second-order valence-electron chi connectivity index (χ2n) is 4.69. The number of halogens is 6. The van der Waals surface area contributed by atoms with Crippen LogP contribution in [0.5, 0.6) is 0 Å². The minimum Gasteiger partial charge on any atom is -0.171 e. The van der Waals surface area contributed by atoms with Gasteiger partial charge in [-0.3, -0.25) is 0 Å². The summed E-state index contributed by atoms with van der Waals surface area (Å²) in [5.41, 5.74) is -2.34. The minimum absolute atomic E-state index is 0.0537. The molecule has 0 bridgehead atoms. The normalized spacial score (nSPS) is 15.8. The molecule has 0 saturated heterocycles. The summed E-state index contributed by atoms with van der Waals surface area (Å²) in [7, 11) is 0. The van der Waals surface area contributed by atoms with E-state index < -0.39 is 30.1 Å². The molecular weight excluding hydrogens is 246 g/mol. The smallest absolute Gasteiger partial charge is 0.171 e. The largest absolute Gasteiger partial charge is 0.393 e. The predicted octanol–water partition coefficient (Wildman–Crippen LogP) is 5.11. The van der Waals surface area contributed by atoms with Gasteiger partial charge in [0, 0.05) is 0 Å². The maximum Gasteiger partial charge on any atom is 0.393 e. The number of allylic oxidation sites excluding steroid dienone is 1. The average molecular weight is 262 g/mol. The molecule has 0 saturated carbocycles. The van der Waals surface area contributed by atoms with E-state index in [1.54, 1.807) is 0 Å². The molecule has 0 aliphatic carbocycles. The Hall–Kier alpha value is -0.680. The van der Waals surface area contributed by atoms with Gasteiger partial charge in [0.1, 0.15) is 0 Å². The summed E-state index contributed by atoms with van der Waals surface area (Å²) in [4.78, 5) is 0. The zero-order chi connectivity index (χ0) is 13.9. The second-order valence-corrected chi connectivity index (χ2v) is 4.69. The molecular formula is C11H16F6. The third-order valence-corrected chi connectivity index (χ3v) is 2.71. The van der Waals surface area contributed by atoms with Gasteiger partial charge in [-0.05, 0) is 19.3 Å². The molecule has 0 aromatic carbocycles. The molecule has 0 N–H and O–H groups in total. The van der Waals surface area contributed by atoms with Gasteiger partial charge < -0.3 is 0 Å². The quantitative estimate of drug-likeness (QED) is 0.477. The van der Waals surface area contributed by atoms with Crippen LogP contribution in [0.3, 0.4) is 0 Å². The molecule has 0 rings (SSSR count). The van der Waals surface area contributed by atoms with Crippen LogP contribution in [0.25, 0.3) is 0 Å². The van der Waals surface area contributed by atoms with Crippen molar-refractivity contribution >= 4 is 0 Å². The standard InChI is InChI=1S/C11H16F6/c1-4-5-6-8(10(12,13)14)7-9(2,3)11(15,16)17/h4,8H,1,5-7H2,2-3H3. The molecule has 0 aromatic rings. The van der Waals surface area contributed by atoms with Gasteiger partial charge >= 0.3 is 12.4 Å². The fourth-order valence-electron chi connectivity index (χ4n) is 1.43. The van der Waals surface area contributed by atoms with Gasteiger partial charge in [0.15, 0.2) is 0 Å². The molecule has 0 nitrogen and oxygen atoms in total. The molecule has 0 aliphatic heterocycles. The first-order valence-corrected chi connectivity index (χ1v) is 5.16. The van der Waals surface area contributed by atoms with Crippen LogP contribution in [0.15, 0.2) is 12.7 Å². The van der Waals surface area contributed by atoms with E-state index in [9.17, 15) is 26.3 Å². The number of hydrogen-bond acceptors (Lipinski definition) is 0. The van der Waals surface area contributed by atoms with Gasteiger partial charge in [0.25, 0.3) is 0 Å². The summed E-state index contributed by atoms with van der Waals surface area (Å²) < 4.78 is 75.2. The summed E-state index contributed by atoms with van der Waals surface area (Å²) in [5.74, 6) is -1.95. The van der Waals surface area contributed by atoms with Crippen molar-refractivity contribution in [3.8, 4) is 0 Å². The fourth-order valence-corrected chi connectivity index (χ4v) is 1.43. The van der Waals surface area contributed by atoms with E-state index in [2.05, 4.69) is 6.58 Å². The second kappa shape index (κ2) is 5.31. The van der Waals surface area contributed by atoms with Crippen molar-refractivity contribution in [2.24, 2.45) is 11.3 Å². The Morgan fingerprint density at radius 1 is 1.06 bits per heavy atom. The van der Waals surface area contributed by atoms with Gasteiger partial charge in [-0.25, -0.2) is 0 Å². The van der Waals surface area contributed by atoms with E-state index >= 15 is 0 Å². The van der Waals surface area contributed by atoms with Gasteiger partial charge in [-0.15, -0.1) is 6.58 Å². The van der Waals surface area contributed by atoms with E-state index in [-0.39, 0.29) is 12.8 Å². The van der Waals surface area contributed by atoms with E-state index in [0.29, 0.717) is 0 Å². The van der Waals surface area contributed by atoms with Crippen LogP contribution in [0.1, 0.15) is 33.1 Å². The van der Waals surface area contributed by atoms with Gasteiger partial charge in [-0.1, -0.05) is 19.9 Å². The summed E-state index contributed by atoms with van der Waals surface area (Å²) >= 11 is 0. The van der Waals surface area contributed by atoms with Crippen LogP contribution < -0.4 is 0 Å². The lowest BCUT2D eigenvalue weighted by Crippen LogP contribution is -2.37. The van der Waals surface area contributed by atoms with E-state index in [1.807, 2.05) is 0 Å². The lowest BCUT2D eigenvalue weighted by molar-refractivity contribution is -0.239. The van der Waals surface area contributed by atoms with E-state index in [0.717, 1.165) is 13.8 Å². The number of rotatable bonds is 5. The summed E-state index contributed by atoms with van der Waals surface area (Å²) in [5, 5.41) is 0. The van der Waals surface area contributed by atoms with Crippen LogP contribution in [0, 0.1) is 11.3 Å². The Bertz CT molecular complexity index is 248. The highest BCUT2D eigenvalue weighted by Gasteiger charge is 2.52. The van der Waals surface area contributed by atoms with E-state index in [4.69, 9.17) is 0 Å². The fraction of sp³-hybridized carbons (Fsp3) is 0.818. The first kappa shape index (κ1) is 16.3. The Labute approximate surface area is 96.7 Å². The maximum absolute atomic E-state index is 12.6. The SMILES string of the molecule is C=CCCC(CC(C)(C)C(F)(F)F)C(F)(F)F. The molecule has 1 atom stereocenters. The Morgan fingerprint density at radius 3 is 1.82 bits per heavy atom. The lowest BCUT2D eigenvalue weighted by atomic mass is 9.80. The minimum atomic E-state index is -4.63. The Balaban J connectivity index is 4.81. The molecule has 0 amide bonds. The molecule has 6 heteroatoms. The van der Waals surface area contributed by atoms with E-state index in [1.165, 1.54) is 6.08 Å². The monoisotopic (exact) mass is 262 g/mol.